The first-order chi connectivity index (χ1) is 8.44. The maximum absolute atomic E-state index is 12.2. The molecule has 2 nitrogen and oxygen atoms in total. The third-order valence-electron chi connectivity index (χ3n) is 2.45. The minimum Gasteiger partial charge on any atom is -0.295 e. The Balaban J connectivity index is 2.31. The quantitative estimate of drug-likeness (QED) is 0.714. The Morgan fingerprint density at radius 1 is 1.44 bits per heavy atom. The molecule has 0 aliphatic carbocycles. The Morgan fingerprint density at radius 2 is 2.17 bits per heavy atom. The predicted molar refractivity (Wildman–Crippen MR) is 68.2 cm³/mol. The first kappa shape index (κ1) is 15.7. The van der Waals surface area contributed by atoms with E-state index in [4.69, 9.17) is 11.6 Å². The zero-order valence-electron chi connectivity index (χ0n) is 10.1. The van der Waals surface area contributed by atoms with E-state index in [1.165, 1.54) is 16.2 Å². The van der Waals surface area contributed by atoms with Gasteiger partial charge in [0.25, 0.3) is 0 Å². The van der Waals surface area contributed by atoms with Gasteiger partial charge in [-0.25, -0.2) is 4.98 Å². The number of halogens is 4. The van der Waals surface area contributed by atoms with Crippen LogP contribution in [0.4, 0.5) is 13.2 Å². The molecule has 0 spiro atoms. The maximum Gasteiger partial charge on any atom is 0.401 e. The van der Waals surface area contributed by atoms with Crippen molar-refractivity contribution in [3.05, 3.63) is 16.1 Å². The van der Waals surface area contributed by atoms with Gasteiger partial charge in [-0.15, -0.1) is 22.9 Å². The molecule has 0 saturated carbocycles. The summed E-state index contributed by atoms with van der Waals surface area (Å²) in [5, 5.41) is 2.82. The highest BCUT2D eigenvalue weighted by Gasteiger charge is 2.29. The minimum absolute atomic E-state index is 0.381. The first-order valence-electron chi connectivity index (χ1n) is 5.73. The Bertz CT molecular complexity index is 354. The maximum atomic E-state index is 12.2. The van der Waals surface area contributed by atoms with Crippen molar-refractivity contribution in [2.75, 3.05) is 19.6 Å². The molecule has 0 radical (unpaired) electrons. The Labute approximate surface area is 114 Å². The van der Waals surface area contributed by atoms with E-state index in [-0.39, 0.29) is 0 Å². The summed E-state index contributed by atoms with van der Waals surface area (Å²) >= 11 is 7.14. The third kappa shape index (κ3) is 6.02. The highest BCUT2D eigenvalue weighted by atomic mass is 35.5. The number of alkyl halides is 4. The summed E-state index contributed by atoms with van der Waals surface area (Å²) in [7, 11) is 0. The summed E-state index contributed by atoms with van der Waals surface area (Å²) in [6.45, 7) is 1.74. The zero-order chi connectivity index (χ0) is 13.6. The highest BCUT2D eigenvalue weighted by Crippen LogP contribution is 2.17. The van der Waals surface area contributed by atoms with Crippen molar-refractivity contribution < 1.29 is 13.2 Å². The van der Waals surface area contributed by atoms with E-state index in [0.29, 0.717) is 31.8 Å². The summed E-state index contributed by atoms with van der Waals surface area (Å²) in [5.74, 6) is 0.381. The summed E-state index contributed by atoms with van der Waals surface area (Å²) in [4.78, 5) is 5.67. The van der Waals surface area contributed by atoms with E-state index < -0.39 is 12.7 Å². The van der Waals surface area contributed by atoms with Gasteiger partial charge in [0.2, 0.25) is 0 Å². The lowest BCUT2D eigenvalue weighted by atomic mass is 10.3. The Hall–Kier alpha value is -0.330. The number of aromatic nitrogens is 1. The van der Waals surface area contributed by atoms with Crippen LogP contribution in [0.1, 0.15) is 24.0 Å². The normalized spacial score (nSPS) is 12.3. The van der Waals surface area contributed by atoms with Crippen molar-refractivity contribution in [2.45, 2.75) is 31.8 Å². The second kappa shape index (κ2) is 7.31. The van der Waals surface area contributed by atoms with Crippen LogP contribution >= 0.6 is 22.9 Å². The molecule has 104 valence electrons. The number of hydrogen-bond donors (Lipinski definition) is 0. The molecule has 0 bridgehead atoms. The molecule has 0 saturated heterocycles. The third-order valence-corrected chi connectivity index (χ3v) is 3.68. The zero-order valence-corrected chi connectivity index (χ0v) is 11.7. The van der Waals surface area contributed by atoms with Crippen LogP contribution < -0.4 is 0 Å². The predicted octanol–water partition coefficient (Wildman–Crippen LogP) is 3.70. The van der Waals surface area contributed by atoms with Gasteiger partial charge in [0.15, 0.2) is 0 Å². The fourth-order valence-corrected chi connectivity index (χ4v) is 2.65. The molecule has 1 aromatic heterocycles. The van der Waals surface area contributed by atoms with Crippen LogP contribution in [0.15, 0.2) is 5.38 Å². The van der Waals surface area contributed by atoms with Crippen LogP contribution in [0.2, 0.25) is 0 Å². The summed E-state index contributed by atoms with van der Waals surface area (Å²) < 4.78 is 36.7. The van der Waals surface area contributed by atoms with Crippen molar-refractivity contribution in [1.82, 2.24) is 9.88 Å². The van der Waals surface area contributed by atoms with E-state index in [9.17, 15) is 13.2 Å². The van der Waals surface area contributed by atoms with Gasteiger partial charge < -0.3 is 0 Å². The minimum atomic E-state index is -4.12. The monoisotopic (exact) mass is 300 g/mol. The molecule has 0 N–H and O–H groups in total. The molecule has 1 heterocycles. The van der Waals surface area contributed by atoms with Crippen molar-refractivity contribution in [2.24, 2.45) is 0 Å². The van der Waals surface area contributed by atoms with E-state index in [1.54, 1.807) is 6.92 Å². The van der Waals surface area contributed by atoms with Gasteiger partial charge in [-0.2, -0.15) is 13.2 Å². The van der Waals surface area contributed by atoms with Gasteiger partial charge in [-0.05, 0) is 19.5 Å². The molecule has 0 aliphatic heterocycles. The van der Waals surface area contributed by atoms with Crippen molar-refractivity contribution >= 4 is 22.9 Å². The molecule has 1 aromatic rings. The van der Waals surface area contributed by atoms with Crippen LogP contribution in [0.5, 0.6) is 0 Å². The van der Waals surface area contributed by atoms with E-state index >= 15 is 0 Å². The molecule has 0 amide bonds. The first-order valence-corrected chi connectivity index (χ1v) is 7.14. The molecule has 18 heavy (non-hydrogen) atoms. The van der Waals surface area contributed by atoms with Gasteiger partial charge in [-0.3, -0.25) is 4.90 Å². The fraction of sp³-hybridized carbons (Fsp3) is 0.727. The molecule has 0 aliphatic rings. The summed E-state index contributed by atoms with van der Waals surface area (Å²) in [6.07, 6.45) is -2.74. The van der Waals surface area contributed by atoms with Crippen LogP contribution in [-0.4, -0.2) is 35.7 Å². The van der Waals surface area contributed by atoms with Crippen molar-refractivity contribution in [3.8, 4) is 0 Å². The Morgan fingerprint density at radius 3 is 2.67 bits per heavy atom. The van der Waals surface area contributed by atoms with E-state index in [1.807, 2.05) is 5.38 Å². The summed E-state index contributed by atoms with van der Waals surface area (Å²) in [5.41, 5.74) is 0.833. The average molecular weight is 301 g/mol. The van der Waals surface area contributed by atoms with Gasteiger partial charge in [0.1, 0.15) is 0 Å². The molecular weight excluding hydrogens is 285 g/mol. The number of aryl methyl sites for hydroxylation is 1. The van der Waals surface area contributed by atoms with Crippen LogP contribution in [-0.2, 0) is 12.3 Å². The van der Waals surface area contributed by atoms with Gasteiger partial charge >= 0.3 is 6.18 Å². The lowest BCUT2D eigenvalue weighted by Gasteiger charge is -2.21. The molecule has 0 atom stereocenters. The van der Waals surface area contributed by atoms with Gasteiger partial charge in [0.05, 0.1) is 23.1 Å². The standard InChI is InChI=1S/C11H16ClF3N2S/c1-2-17(8-11(13,14)15)5-3-4-10-16-9(6-12)7-18-10/h7H,2-6,8H2,1H3. The molecule has 7 heteroatoms. The topological polar surface area (TPSA) is 16.1 Å². The second-order valence-corrected chi connectivity index (χ2v) is 5.16. The summed E-state index contributed by atoms with van der Waals surface area (Å²) in [6, 6.07) is 0. The van der Waals surface area contributed by atoms with Crippen molar-refractivity contribution in [1.29, 1.82) is 0 Å². The molecule has 0 fully saturated rings. The van der Waals surface area contributed by atoms with Gasteiger partial charge in [0, 0.05) is 11.8 Å². The fourth-order valence-electron chi connectivity index (χ4n) is 1.58. The SMILES string of the molecule is CCN(CCCc1nc(CCl)cs1)CC(F)(F)F. The second-order valence-electron chi connectivity index (χ2n) is 3.95. The lowest BCUT2D eigenvalue weighted by Crippen LogP contribution is -2.34. The smallest absolute Gasteiger partial charge is 0.295 e. The average Bonchev–Trinajstić information content (AvgIpc) is 2.74. The highest BCUT2D eigenvalue weighted by molar-refractivity contribution is 7.09. The molecule has 0 unspecified atom stereocenters. The number of nitrogens with zero attached hydrogens (tertiary/aromatic N) is 2. The van der Waals surface area contributed by atoms with E-state index in [2.05, 4.69) is 4.98 Å². The number of hydrogen-bond acceptors (Lipinski definition) is 3. The molecule has 0 aromatic carbocycles. The van der Waals surface area contributed by atoms with Crippen LogP contribution in [0, 0.1) is 0 Å². The largest absolute Gasteiger partial charge is 0.401 e. The van der Waals surface area contributed by atoms with Crippen LogP contribution in [0.25, 0.3) is 0 Å². The number of rotatable bonds is 7. The van der Waals surface area contributed by atoms with Crippen LogP contribution in [0.3, 0.4) is 0 Å². The van der Waals surface area contributed by atoms with Gasteiger partial charge in [-0.1, -0.05) is 6.92 Å². The molecular formula is C11H16ClF3N2S. The number of thiazole rings is 1. The lowest BCUT2D eigenvalue weighted by molar-refractivity contribution is -0.145. The van der Waals surface area contributed by atoms with Crippen molar-refractivity contribution in [3.63, 3.8) is 0 Å². The Kier molecular flexibility index (Phi) is 6.38. The van der Waals surface area contributed by atoms with E-state index in [0.717, 1.165) is 10.7 Å². The molecule has 1 rings (SSSR count).